The van der Waals surface area contributed by atoms with Gasteiger partial charge in [0, 0.05) is 43.9 Å². The molecule has 2 heterocycles. The number of aryl methyl sites for hydroxylation is 2. The van der Waals surface area contributed by atoms with Crippen LogP contribution in [-0.4, -0.2) is 28.3 Å². The summed E-state index contributed by atoms with van der Waals surface area (Å²) in [5, 5.41) is 10.6. The SMILES string of the molecule is Cc1nn(C)cc1C(C)NC1CNC(=O)C1. The number of hydrogen-bond acceptors (Lipinski definition) is 3. The van der Waals surface area contributed by atoms with Gasteiger partial charge in [-0.15, -0.1) is 0 Å². The van der Waals surface area contributed by atoms with E-state index in [0.717, 1.165) is 12.2 Å². The van der Waals surface area contributed by atoms with Crippen LogP contribution in [0.4, 0.5) is 0 Å². The second kappa shape index (κ2) is 4.25. The van der Waals surface area contributed by atoms with E-state index in [9.17, 15) is 4.79 Å². The lowest BCUT2D eigenvalue weighted by molar-refractivity contribution is -0.119. The highest BCUT2D eigenvalue weighted by molar-refractivity contribution is 5.78. The zero-order valence-electron chi connectivity index (χ0n) is 9.95. The average Bonchev–Trinajstić information content (AvgIpc) is 2.73. The molecule has 5 heteroatoms. The van der Waals surface area contributed by atoms with Gasteiger partial charge in [0.25, 0.3) is 0 Å². The summed E-state index contributed by atoms with van der Waals surface area (Å²) in [6, 6.07) is 0.466. The van der Waals surface area contributed by atoms with Crippen LogP contribution in [-0.2, 0) is 11.8 Å². The first-order valence-corrected chi connectivity index (χ1v) is 5.59. The Morgan fingerprint density at radius 2 is 2.44 bits per heavy atom. The summed E-state index contributed by atoms with van der Waals surface area (Å²) >= 11 is 0. The van der Waals surface area contributed by atoms with Crippen LogP contribution >= 0.6 is 0 Å². The van der Waals surface area contributed by atoms with Crippen LogP contribution in [0.1, 0.15) is 30.6 Å². The van der Waals surface area contributed by atoms with Crippen molar-refractivity contribution in [3.05, 3.63) is 17.5 Å². The molecule has 0 bridgehead atoms. The van der Waals surface area contributed by atoms with E-state index in [2.05, 4.69) is 22.7 Å². The predicted molar refractivity (Wildman–Crippen MR) is 60.9 cm³/mol. The minimum Gasteiger partial charge on any atom is -0.354 e. The summed E-state index contributed by atoms with van der Waals surface area (Å²) in [7, 11) is 1.92. The highest BCUT2D eigenvalue weighted by atomic mass is 16.1. The minimum atomic E-state index is 0.132. The van der Waals surface area contributed by atoms with E-state index in [1.807, 2.05) is 24.9 Å². The molecule has 1 aliphatic rings. The first kappa shape index (κ1) is 11.1. The van der Waals surface area contributed by atoms with Crippen LogP contribution in [0.2, 0.25) is 0 Å². The molecule has 0 saturated carbocycles. The third-order valence-corrected chi connectivity index (χ3v) is 2.98. The van der Waals surface area contributed by atoms with Crippen LogP contribution < -0.4 is 10.6 Å². The largest absolute Gasteiger partial charge is 0.354 e. The Balaban J connectivity index is 2.00. The van der Waals surface area contributed by atoms with Crippen molar-refractivity contribution in [1.29, 1.82) is 0 Å². The highest BCUT2D eigenvalue weighted by Crippen LogP contribution is 2.17. The van der Waals surface area contributed by atoms with Crippen LogP contribution in [0, 0.1) is 6.92 Å². The number of rotatable bonds is 3. The standard InChI is InChI=1S/C11H18N4O/c1-7(10-6-15(3)14-8(10)2)13-9-4-11(16)12-5-9/h6-7,9,13H,4-5H2,1-3H3,(H,12,16). The molecule has 2 unspecified atom stereocenters. The Kier molecular flexibility index (Phi) is 2.96. The van der Waals surface area contributed by atoms with Gasteiger partial charge < -0.3 is 10.6 Å². The average molecular weight is 222 g/mol. The van der Waals surface area contributed by atoms with Gasteiger partial charge in [-0.25, -0.2) is 0 Å². The number of aromatic nitrogens is 2. The van der Waals surface area contributed by atoms with Crippen LogP contribution in [0.3, 0.4) is 0 Å². The Morgan fingerprint density at radius 3 is 2.94 bits per heavy atom. The second-order valence-electron chi connectivity index (χ2n) is 4.44. The molecule has 1 amide bonds. The quantitative estimate of drug-likeness (QED) is 0.771. The summed E-state index contributed by atoms with van der Waals surface area (Å²) in [5.74, 6) is 0.132. The second-order valence-corrected chi connectivity index (χ2v) is 4.44. The molecule has 1 saturated heterocycles. The van der Waals surface area contributed by atoms with E-state index >= 15 is 0 Å². The zero-order valence-corrected chi connectivity index (χ0v) is 9.95. The van der Waals surface area contributed by atoms with Gasteiger partial charge in [0.2, 0.25) is 5.91 Å². The smallest absolute Gasteiger partial charge is 0.221 e. The molecule has 1 aliphatic heterocycles. The van der Waals surface area contributed by atoms with Gasteiger partial charge in [-0.3, -0.25) is 9.48 Å². The first-order chi connectivity index (χ1) is 7.56. The minimum absolute atomic E-state index is 0.132. The van der Waals surface area contributed by atoms with Gasteiger partial charge in [0.15, 0.2) is 0 Å². The van der Waals surface area contributed by atoms with Gasteiger partial charge in [-0.2, -0.15) is 5.10 Å². The normalized spacial score (nSPS) is 22.2. The van der Waals surface area contributed by atoms with E-state index in [1.165, 1.54) is 5.56 Å². The molecule has 0 radical (unpaired) electrons. The van der Waals surface area contributed by atoms with Crippen molar-refractivity contribution in [2.24, 2.45) is 7.05 Å². The molecule has 2 rings (SSSR count). The van der Waals surface area contributed by atoms with E-state index < -0.39 is 0 Å². The maximum atomic E-state index is 11.1. The molecule has 0 aliphatic carbocycles. The summed E-state index contributed by atoms with van der Waals surface area (Å²) in [5.41, 5.74) is 2.24. The lowest BCUT2D eigenvalue weighted by Gasteiger charge is -2.17. The molecular weight excluding hydrogens is 204 g/mol. The Hall–Kier alpha value is -1.36. The lowest BCUT2D eigenvalue weighted by atomic mass is 10.1. The van der Waals surface area contributed by atoms with Crippen molar-refractivity contribution < 1.29 is 4.79 Å². The van der Waals surface area contributed by atoms with Gasteiger partial charge in [0.05, 0.1) is 5.69 Å². The Bertz CT molecular complexity index is 399. The fourth-order valence-electron chi connectivity index (χ4n) is 2.21. The van der Waals surface area contributed by atoms with Crippen molar-refractivity contribution in [1.82, 2.24) is 20.4 Å². The molecule has 0 spiro atoms. The van der Waals surface area contributed by atoms with E-state index in [4.69, 9.17) is 0 Å². The van der Waals surface area contributed by atoms with Crippen molar-refractivity contribution >= 4 is 5.91 Å². The fraction of sp³-hybridized carbons (Fsp3) is 0.636. The van der Waals surface area contributed by atoms with E-state index in [0.29, 0.717) is 6.42 Å². The number of carbonyl (C=O) groups excluding carboxylic acids is 1. The van der Waals surface area contributed by atoms with Gasteiger partial charge in [0.1, 0.15) is 0 Å². The molecule has 2 atom stereocenters. The maximum absolute atomic E-state index is 11.1. The van der Waals surface area contributed by atoms with Crippen LogP contribution in [0.25, 0.3) is 0 Å². The fourth-order valence-corrected chi connectivity index (χ4v) is 2.21. The van der Waals surface area contributed by atoms with Crippen LogP contribution in [0.5, 0.6) is 0 Å². The molecule has 88 valence electrons. The predicted octanol–water partition coefficient (Wildman–Crippen LogP) is 0.268. The third kappa shape index (κ3) is 2.24. The number of carbonyl (C=O) groups is 1. The van der Waals surface area contributed by atoms with Crippen molar-refractivity contribution in [3.63, 3.8) is 0 Å². The molecule has 16 heavy (non-hydrogen) atoms. The summed E-state index contributed by atoms with van der Waals surface area (Å²) in [6.07, 6.45) is 2.60. The van der Waals surface area contributed by atoms with Crippen molar-refractivity contribution in [2.45, 2.75) is 32.4 Å². The van der Waals surface area contributed by atoms with Crippen molar-refractivity contribution in [2.75, 3.05) is 6.54 Å². The zero-order chi connectivity index (χ0) is 11.7. The van der Waals surface area contributed by atoms with Gasteiger partial charge in [-0.05, 0) is 13.8 Å². The van der Waals surface area contributed by atoms with E-state index in [1.54, 1.807) is 0 Å². The molecule has 1 aromatic heterocycles. The topological polar surface area (TPSA) is 59.0 Å². The first-order valence-electron chi connectivity index (χ1n) is 5.59. The van der Waals surface area contributed by atoms with Crippen molar-refractivity contribution in [3.8, 4) is 0 Å². The monoisotopic (exact) mass is 222 g/mol. The summed E-state index contributed by atoms with van der Waals surface area (Å²) in [4.78, 5) is 11.1. The molecular formula is C11H18N4O. The number of hydrogen-bond donors (Lipinski definition) is 2. The summed E-state index contributed by atoms with van der Waals surface area (Å²) < 4.78 is 1.82. The lowest BCUT2D eigenvalue weighted by Crippen LogP contribution is -2.33. The highest BCUT2D eigenvalue weighted by Gasteiger charge is 2.23. The molecule has 5 nitrogen and oxygen atoms in total. The summed E-state index contributed by atoms with van der Waals surface area (Å²) in [6.45, 7) is 4.83. The molecule has 1 aromatic rings. The van der Waals surface area contributed by atoms with Gasteiger partial charge >= 0.3 is 0 Å². The molecule has 2 N–H and O–H groups in total. The molecule has 0 aromatic carbocycles. The number of amides is 1. The van der Waals surface area contributed by atoms with Crippen LogP contribution in [0.15, 0.2) is 6.20 Å². The maximum Gasteiger partial charge on any atom is 0.221 e. The third-order valence-electron chi connectivity index (χ3n) is 2.98. The number of nitrogens with one attached hydrogen (secondary N) is 2. The van der Waals surface area contributed by atoms with E-state index in [-0.39, 0.29) is 18.0 Å². The van der Waals surface area contributed by atoms with Gasteiger partial charge in [-0.1, -0.05) is 0 Å². The Labute approximate surface area is 95.2 Å². The number of nitrogens with zero attached hydrogens (tertiary/aromatic N) is 2. The molecule has 1 fully saturated rings. The Morgan fingerprint density at radius 1 is 1.69 bits per heavy atom.